The third-order valence-corrected chi connectivity index (χ3v) is 10.4. The predicted octanol–water partition coefficient (Wildman–Crippen LogP) is 8.22. The van der Waals surface area contributed by atoms with E-state index in [1.165, 1.54) is 60.2 Å². The first-order valence-electron chi connectivity index (χ1n) is 16.7. The van der Waals surface area contributed by atoms with Crippen LogP contribution in [0.3, 0.4) is 0 Å². The molecule has 3 nitrogen and oxygen atoms in total. The zero-order valence-corrected chi connectivity index (χ0v) is 34.8. The smallest absolute Gasteiger partial charge is 0.850 e. The minimum absolute atomic E-state index is 0. The summed E-state index contributed by atoms with van der Waals surface area (Å²) in [6, 6.07) is 25.9. The molecule has 250 valence electrons. The third kappa shape index (κ3) is 12.0. The minimum atomic E-state index is -0.750. The van der Waals surface area contributed by atoms with Gasteiger partial charge in [-0.2, -0.15) is 0 Å². The monoisotopic (exact) mass is 734 g/mol. The maximum Gasteiger partial charge on any atom is 1.00 e. The van der Waals surface area contributed by atoms with Gasteiger partial charge in [0.05, 0.1) is 0 Å². The summed E-state index contributed by atoms with van der Waals surface area (Å²) in [4.78, 5) is 12.3. The Balaban J connectivity index is 0.000000174. The second-order valence-corrected chi connectivity index (χ2v) is 15.7. The summed E-state index contributed by atoms with van der Waals surface area (Å²) in [6.07, 6.45) is 14.0. The average Bonchev–Trinajstić information content (AvgIpc) is 3.87. The number of thiophene rings is 1. The molecule has 0 bridgehead atoms. The molecule has 2 heterocycles. The first-order valence-corrected chi connectivity index (χ1v) is 18.8. The largest absolute Gasteiger partial charge is 1.00 e. The van der Waals surface area contributed by atoms with E-state index in [0.29, 0.717) is 6.42 Å². The zero-order valence-electron chi connectivity index (χ0n) is 29.3. The molecular formula is C42H44ClKO3S2. The number of halogens is 1. The van der Waals surface area contributed by atoms with Crippen LogP contribution in [0.5, 0.6) is 0 Å². The van der Waals surface area contributed by atoms with Crippen LogP contribution in [-0.4, -0.2) is 30.4 Å². The van der Waals surface area contributed by atoms with Crippen molar-refractivity contribution in [2.24, 2.45) is 0 Å². The van der Waals surface area contributed by atoms with E-state index in [-0.39, 0.29) is 57.2 Å². The van der Waals surface area contributed by atoms with E-state index in [0.717, 1.165) is 48.0 Å². The number of benzene rings is 4. The Bertz CT molecular complexity index is 1920. The summed E-state index contributed by atoms with van der Waals surface area (Å²) < 4.78 is 7.75. The number of allylic oxidation sites excluding steroid dienone is 2. The first-order chi connectivity index (χ1) is 23.1. The van der Waals surface area contributed by atoms with Gasteiger partial charge in [-0.25, -0.2) is 0 Å². The number of carbonyl (C=O) groups is 1. The van der Waals surface area contributed by atoms with Crippen molar-refractivity contribution in [1.29, 1.82) is 0 Å². The van der Waals surface area contributed by atoms with Crippen LogP contribution >= 0.6 is 34.7 Å². The first kappa shape index (κ1) is 40.2. The van der Waals surface area contributed by atoms with E-state index < -0.39 is 5.60 Å². The Morgan fingerprint density at radius 3 is 2.10 bits per heavy atom. The topological polar surface area (TPSA) is 49.4 Å². The Morgan fingerprint density at radius 2 is 1.45 bits per heavy atom. The van der Waals surface area contributed by atoms with Gasteiger partial charge in [0.25, 0.3) is 0 Å². The molecule has 0 N–H and O–H groups in total. The summed E-state index contributed by atoms with van der Waals surface area (Å²) in [5.41, 5.74) is 6.89. The molecular weight excluding hydrogens is 691 g/mol. The zero-order chi connectivity index (χ0) is 34.1. The molecule has 3 aliphatic rings. The molecule has 0 atom stereocenters. The maximum atomic E-state index is 11.1. The molecule has 1 fully saturated rings. The fourth-order valence-corrected chi connectivity index (χ4v) is 8.12. The van der Waals surface area contributed by atoms with Gasteiger partial charge >= 0.3 is 51.4 Å². The van der Waals surface area contributed by atoms with Gasteiger partial charge < -0.3 is 9.84 Å². The number of Topliss-reactive ketones (excluding diaryl/α,β-unsaturated/α-hetero) is 1. The van der Waals surface area contributed by atoms with Crippen LogP contribution in [0.25, 0.3) is 43.5 Å². The number of hydrogen-bond donors (Lipinski definition) is 0. The summed E-state index contributed by atoms with van der Waals surface area (Å²) in [5.74, 6) is 1.03. The van der Waals surface area contributed by atoms with Gasteiger partial charge in [-0.05, 0) is 96.8 Å². The molecule has 0 spiro atoms. The molecule has 5 aromatic rings. The fraction of sp³-hybridized carbons (Fsp3) is 0.310. The van der Waals surface area contributed by atoms with E-state index in [4.69, 9.17) is 16.3 Å². The van der Waals surface area contributed by atoms with Gasteiger partial charge in [-0.1, -0.05) is 93.1 Å². The van der Waals surface area contributed by atoms with Crippen LogP contribution in [0, 0.1) is 0 Å². The summed E-state index contributed by atoms with van der Waals surface area (Å²) in [7, 11) is 0. The number of rotatable bonds is 5. The molecule has 8 rings (SSSR count). The average molecular weight is 735 g/mol. The van der Waals surface area contributed by atoms with E-state index in [1.54, 1.807) is 39.5 Å². The van der Waals surface area contributed by atoms with E-state index in [9.17, 15) is 9.90 Å². The number of ketones is 1. The van der Waals surface area contributed by atoms with Crippen LogP contribution in [0.15, 0.2) is 89.8 Å². The Kier molecular flexibility index (Phi) is 15.9. The van der Waals surface area contributed by atoms with Gasteiger partial charge in [-0.15, -0.1) is 28.7 Å². The van der Waals surface area contributed by atoms with Gasteiger partial charge in [0.1, 0.15) is 5.78 Å². The normalized spacial score (nSPS) is 13.8. The van der Waals surface area contributed by atoms with Gasteiger partial charge in [0.15, 0.2) is 0 Å². The van der Waals surface area contributed by atoms with Crippen LogP contribution in [-0.2, 0) is 22.4 Å². The molecule has 49 heavy (non-hydrogen) atoms. The van der Waals surface area contributed by atoms with E-state index in [2.05, 4.69) is 78.9 Å². The molecule has 1 saturated heterocycles. The Morgan fingerprint density at radius 1 is 0.837 bits per heavy atom. The van der Waals surface area contributed by atoms with Gasteiger partial charge in [0.2, 0.25) is 0 Å². The number of thioether (sulfide) groups is 1. The van der Waals surface area contributed by atoms with Crippen LogP contribution in [0.4, 0.5) is 0 Å². The second kappa shape index (κ2) is 19.3. The number of ether oxygens (including phenoxy) is 1. The molecule has 0 radical (unpaired) electrons. The van der Waals surface area contributed by atoms with Crippen molar-refractivity contribution in [1.82, 2.24) is 0 Å². The molecule has 7 heteroatoms. The van der Waals surface area contributed by atoms with Crippen molar-refractivity contribution in [3.05, 3.63) is 112 Å². The van der Waals surface area contributed by atoms with Crippen LogP contribution in [0.2, 0.25) is 5.02 Å². The second-order valence-electron chi connectivity index (χ2n) is 13.1. The maximum absolute atomic E-state index is 11.1. The minimum Gasteiger partial charge on any atom is -0.850 e. The third-order valence-electron chi connectivity index (χ3n) is 7.85. The van der Waals surface area contributed by atoms with E-state index >= 15 is 0 Å². The molecule has 4 aromatic carbocycles. The summed E-state index contributed by atoms with van der Waals surface area (Å²) in [6.45, 7) is 8.53. The Hall–Kier alpha value is -1.55. The standard InChI is InChI=1S/C19H17ClOS.C15H10S.C4H8O.C4H9O.K/c1-13(21)9-10-22-19-8-3-2-7-16(19)17-11-14-5-4-6-15(14)12-18(17)20;1-2-7-14-12(6-1)13-8-10-4-3-5-11(10)9-15(13)16-14;1-2-4-5-3-1;1-4(2,3)5;/h2-4,6-8,11-12H,5,9-10H2,1H3;1-3,5-9H,4H2;1-4H2;1-3H3;/q;;;-1;+1. The fourth-order valence-electron chi connectivity index (χ4n) is 5.59. The van der Waals surface area contributed by atoms with Crippen LogP contribution < -0.4 is 56.5 Å². The molecule has 0 saturated carbocycles. The van der Waals surface area contributed by atoms with Crippen molar-refractivity contribution in [3.63, 3.8) is 0 Å². The molecule has 1 aliphatic heterocycles. The van der Waals surface area contributed by atoms with Gasteiger partial charge in [-0.3, -0.25) is 4.79 Å². The molecule has 2 aliphatic carbocycles. The summed E-state index contributed by atoms with van der Waals surface area (Å²) in [5, 5.41) is 13.7. The molecule has 0 unspecified atom stereocenters. The van der Waals surface area contributed by atoms with Crippen LogP contribution in [0.1, 0.15) is 69.2 Å². The van der Waals surface area contributed by atoms with E-state index in [1.807, 2.05) is 29.5 Å². The predicted molar refractivity (Wildman–Crippen MR) is 208 cm³/mol. The van der Waals surface area contributed by atoms with Crippen molar-refractivity contribution in [2.75, 3.05) is 19.0 Å². The molecule has 1 aromatic heterocycles. The number of hydrogen-bond acceptors (Lipinski definition) is 5. The van der Waals surface area contributed by atoms with Gasteiger partial charge in [0, 0.05) is 61.0 Å². The SMILES string of the molecule is C1=Cc2cc3sc4ccccc4c3cc2C1.C1CCOC1.CC(=O)CCSc1ccccc1-c1cc2c(cc1Cl)C=CC2.CC(C)(C)[O-].[K+]. The van der Waals surface area contributed by atoms with Crippen molar-refractivity contribution in [2.45, 2.75) is 70.3 Å². The van der Waals surface area contributed by atoms with Crippen molar-refractivity contribution < 1.29 is 66.0 Å². The Labute approximate surface area is 347 Å². The van der Waals surface area contributed by atoms with Crippen molar-refractivity contribution in [3.8, 4) is 11.1 Å². The number of carbonyl (C=O) groups excluding carboxylic acids is 1. The quantitative estimate of drug-likeness (QED) is 0.135. The number of fused-ring (bicyclic) bond motifs is 5. The molecule has 0 amide bonds. The van der Waals surface area contributed by atoms with Crippen molar-refractivity contribution >= 4 is 72.8 Å². The summed E-state index contributed by atoms with van der Waals surface area (Å²) >= 11 is 10.1.